The van der Waals surface area contributed by atoms with Crippen LogP contribution >= 0.6 is 0 Å². The Kier molecular flexibility index (Phi) is 2.11. The van der Waals surface area contributed by atoms with Gasteiger partial charge in [0.15, 0.2) is 0 Å². The van der Waals surface area contributed by atoms with E-state index < -0.39 is 5.54 Å². The number of benzene rings is 1. The molecule has 0 aliphatic carbocycles. The van der Waals surface area contributed by atoms with Crippen molar-refractivity contribution in [1.29, 1.82) is 0 Å². The molecule has 0 saturated heterocycles. The average molecular weight is 191 g/mol. The maximum absolute atomic E-state index is 12.9. The van der Waals surface area contributed by atoms with E-state index in [1.54, 1.807) is 12.3 Å². The molecule has 1 aliphatic heterocycles. The monoisotopic (exact) mass is 191 g/mol. The molecule has 1 aromatic carbocycles. The zero-order valence-electron chi connectivity index (χ0n) is 7.81. The van der Waals surface area contributed by atoms with Crippen LogP contribution in [0.3, 0.4) is 0 Å². The number of nitrogens with zero attached hydrogens (tertiary/aromatic N) is 3. The average Bonchev–Trinajstić information content (AvgIpc) is 2.51. The van der Waals surface area contributed by atoms with Crippen LogP contribution in [0.15, 0.2) is 39.7 Å². The fourth-order valence-corrected chi connectivity index (χ4v) is 1.45. The summed E-state index contributed by atoms with van der Waals surface area (Å²) in [5.41, 5.74) is 0.494. The first-order valence-corrected chi connectivity index (χ1v) is 4.39. The van der Waals surface area contributed by atoms with Crippen molar-refractivity contribution in [3.8, 4) is 0 Å². The van der Waals surface area contributed by atoms with E-state index in [9.17, 15) is 4.39 Å². The Balaban J connectivity index is 2.18. The normalized spacial score (nSPS) is 24.4. The Hall–Kier alpha value is -1.58. The first-order valence-electron chi connectivity index (χ1n) is 4.39. The van der Waals surface area contributed by atoms with E-state index in [1.165, 1.54) is 12.1 Å². The SMILES string of the molecule is CC1(Cc2cccc(F)c2)C=NN=N1. The molecule has 1 aliphatic rings. The molecular weight excluding hydrogens is 181 g/mol. The molecule has 2 rings (SSSR count). The zero-order chi connectivity index (χ0) is 10.0. The quantitative estimate of drug-likeness (QED) is 0.689. The molecule has 0 radical (unpaired) electrons. The second kappa shape index (κ2) is 3.29. The van der Waals surface area contributed by atoms with E-state index >= 15 is 0 Å². The molecule has 72 valence electrons. The predicted octanol–water partition coefficient (Wildman–Crippen LogP) is 2.58. The number of hydrogen-bond acceptors (Lipinski definition) is 3. The molecule has 0 fully saturated rings. The molecule has 4 heteroatoms. The van der Waals surface area contributed by atoms with Gasteiger partial charge in [0.1, 0.15) is 11.4 Å². The molecule has 0 saturated carbocycles. The first kappa shape index (κ1) is 8.99. The zero-order valence-corrected chi connectivity index (χ0v) is 7.81. The molecule has 1 unspecified atom stereocenters. The fourth-order valence-electron chi connectivity index (χ4n) is 1.45. The van der Waals surface area contributed by atoms with Gasteiger partial charge in [-0.05, 0) is 29.8 Å². The molecule has 1 atom stereocenters. The fraction of sp³-hybridized carbons (Fsp3) is 0.300. The van der Waals surface area contributed by atoms with Gasteiger partial charge in [0.05, 0.1) is 6.21 Å². The van der Waals surface area contributed by atoms with Crippen molar-refractivity contribution in [1.82, 2.24) is 0 Å². The van der Waals surface area contributed by atoms with Crippen molar-refractivity contribution < 1.29 is 4.39 Å². The van der Waals surface area contributed by atoms with Gasteiger partial charge in [-0.2, -0.15) is 5.11 Å². The second-order valence-corrected chi connectivity index (χ2v) is 3.60. The first-order chi connectivity index (χ1) is 6.68. The third kappa shape index (κ3) is 1.84. The molecular formula is C10H10FN3. The van der Waals surface area contributed by atoms with E-state index in [2.05, 4.69) is 15.4 Å². The predicted molar refractivity (Wildman–Crippen MR) is 51.9 cm³/mol. The van der Waals surface area contributed by atoms with Crippen molar-refractivity contribution in [3.63, 3.8) is 0 Å². The van der Waals surface area contributed by atoms with Gasteiger partial charge in [-0.25, -0.2) is 4.39 Å². The lowest BCUT2D eigenvalue weighted by Crippen LogP contribution is -2.24. The number of hydrogen-bond donors (Lipinski definition) is 0. The van der Waals surface area contributed by atoms with E-state index in [4.69, 9.17) is 0 Å². The van der Waals surface area contributed by atoms with Gasteiger partial charge in [-0.3, -0.25) is 0 Å². The van der Waals surface area contributed by atoms with Crippen LogP contribution in [0.25, 0.3) is 0 Å². The molecule has 0 spiro atoms. The highest BCUT2D eigenvalue weighted by atomic mass is 19.1. The molecule has 14 heavy (non-hydrogen) atoms. The summed E-state index contributed by atoms with van der Waals surface area (Å²) in [5, 5.41) is 11.2. The summed E-state index contributed by atoms with van der Waals surface area (Å²) in [4.78, 5) is 0. The van der Waals surface area contributed by atoms with Crippen molar-refractivity contribution >= 4 is 6.21 Å². The minimum absolute atomic E-state index is 0.224. The van der Waals surface area contributed by atoms with Crippen molar-refractivity contribution in [2.45, 2.75) is 18.9 Å². The lowest BCUT2D eigenvalue weighted by Gasteiger charge is -2.14. The van der Waals surface area contributed by atoms with Gasteiger partial charge in [0.2, 0.25) is 0 Å². The van der Waals surface area contributed by atoms with E-state index in [0.717, 1.165) is 5.56 Å². The summed E-state index contributed by atoms with van der Waals surface area (Å²) in [5.74, 6) is -0.224. The van der Waals surface area contributed by atoms with Crippen LogP contribution in [-0.4, -0.2) is 11.8 Å². The minimum atomic E-state index is -0.409. The maximum atomic E-state index is 12.9. The summed E-state index contributed by atoms with van der Waals surface area (Å²) in [7, 11) is 0. The van der Waals surface area contributed by atoms with Crippen LogP contribution in [-0.2, 0) is 6.42 Å². The maximum Gasteiger partial charge on any atom is 0.123 e. The van der Waals surface area contributed by atoms with Crippen molar-refractivity contribution in [3.05, 3.63) is 35.6 Å². The van der Waals surface area contributed by atoms with Crippen LogP contribution in [0.5, 0.6) is 0 Å². The van der Waals surface area contributed by atoms with Gasteiger partial charge >= 0.3 is 0 Å². The third-order valence-corrected chi connectivity index (χ3v) is 2.11. The van der Waals surface area contributed by atoms with Crippen molar-refractivity contribution in [2.24, 2.45) is 15.4 Å². The third-order valence-electron chi connectivity index (χ3n) is 2.11. The van der Waals surface area contributed by atoms with Gasteiger partial charge in [0.25, 0.3) is 0 Å². The van der Waals surface area contributed by atoms with Gasteiger partial charge in [-0.1, -0.05) is 12.1 Å². The largest absolute Gasteiger partial charge is 0.207 e. The highest BCUT2D eigenvalue weighted by Crippen LogP contribution is 2.20. The van der Waals surface area contributed by atoms with Crippen LogP contribution in [0.1, 0.15) is 12.5 Å². The minimum Gasteiger partial charge on any atom is -0.207 e. The molecule has 1 heterocycles. The van der Waals surface area contributed by atoms with Crippen LogP contribution in [0.4, 0.5) is 4.39 Å². The smallest absolute Gasteiger partial charge is 0.123 e. The Bertz CT molecular complexity index is 386. The molecule has 0 aromatic heterocycles. The molecule has 1 aromatic rings. The standard InChI is InChI=1S/C10H10FN3/c1-10(7-12-14-13-10)6-8-3-2-4-9(11)5-8/h2-5,7H,6H2,1H3. The molecule has 0 N–H and O–H groups in total. The Morgan fingerprint density at radius 2 is 2.29 bits per heavy atom. The van der Waals surface area contributed by atoms with E-state index in [0.29, 0.717) is 6.42 Å². The summed E-state index contributed by atoms with van der Waals surface area (Å²) >= 11 is 0. The highest BCUT2D eigenvalue weighted by Gasteiger charge is 2.25. The summed E-state index contributed by atoms with van der Waals surface area (Å²) in [6.45, 7) is 1.91. The van der Waals surface area contributed by atoms with E-state index in [-0.39, 0.29) is 5.82 Å². The lowest BCUT2D eigenvalue weighted by molar-refractivity contribution is 0.603. The number of rotatable bonds is 2. The molecule has 0 bridgehead atoms. The van der Waals surface area contributed by atoms with Gasteiger partial charge < -0.3 is 0 Å². The van der Waals surface area contributed by atoms with Crippen LogP contribution < -0.4 is 0 Å². The van der Waals surface area contributed by atoms with Crippen LogP contribution in [0.2, 0.25) is 0 Å². The second-order valence-electron chi connectivity index (χ2n) is 3.60. The lowest BCUT2D eigenvalue weighted by atomic mass is 9.95. The summed E-state index contributed by atoms with van der Waals surface area (Å²) in [6.07, 6.45) is 2.30. The summed E-state index contributed by atoms with van der Waals surface area (Å²) in [6, 6.07) is 6.50. The molecule has 3 nitrogen and oxygen atoms in total. The Morgan fingerprint density at radius 1 is 1.43 bits per heavy atom. The summed E-state index contributed by atoms with van der Waals surface area (Å²) < 4.78 is 12.9. The van der Waals surface area contributed by atoms with Gasteiger partial charge in [-0.15, -0.1) is 5.10 Å². The Labute approximate surface area is 81.4 Å². The highest BCUT2D eigenvalue weighted by molar-refractivity contribution is 5.71. The van der Waals surface area contributed by atoms with Crippen molar-refractivity contribution in [2.75, 3.05) is 0 Å². The Morgan fingerprint density at radius 3 is 2.93 bits per heavy atom. The van der Waals surface area contributed by atoms with Gasteiger partial charge in [0, 0.05) is 6.42 Å². The number of halogens is 1. The topological polar surface area (TPSA) is 37.1 Å². The molecule has 0 amide bonds. The van der Waals surface area contributed by atoms with Crippen LogP contribution in [0, 0.1) is 5.82 Å². The van der Waals surface area contributed by atoms with E-state index in [1.807, 2.05) is 13.0 Å².